The molecule has 2 fully saturated rings. The SMILES string of the molecule is CC.CC1CCCC(C)N1C.CC1CCCCN1C. The van der Waals surface area contributed by atoms with Crippen LogP contribution in [0.15, 0.2) is 0 Å². The zero-order valence-electron chi connectivity index (χ0n) is 14.6. The van der Waals surface area contributed by atoms with Gasteiger partial charge in [0.1, 0.15) is 0 Å². The Morgan fingerprint density at radius 1 is 0.684 bits per heavy atom. The van der Waals surface area contributed by atoms with Crippen LogP contribution in [-0.4, -0.2) is 48.6 Å². The Bertz CT molecular complexity index is 185. The fraction of sp³-hybridized carbons (Fsp3) is 1.00. The maximum Gasteiger partial charge on any atom is 0.00667 e. The van der Waals surface area contributed by atoms with Gasteiger partial charge in [-0.3, -0.25) is 0 Å². The normalized spacial score (nSPS) is 32.7. The van der Waals surface area contributed by atoms with Gasteiger partial charge < -0.3 is 9.80 Å². The van der Waals surface area contributed by atoms with Crippen LogP contribution in [0.4, 0.5) is 0 Å². The summed E-state index contributed by atoms with van der Waals surface area (Å²) in [6.07, 6.45) is 8.44. The van der Waals surface area contributed by atoms with Gasteiger partial charge in [-0.2, -0.15) is 0 Å². The molecular weight excluding hydrogens is 232 g/mol. The van der Waals surface area contributed by atoms with Gasteiger partial charge in [0.25, 0.3) is 0 Å². The first-order valence-corrected chi connectivity index (χ1v) is 8.44. The lowest BCUT2D eigenvalue weighted by Crippen LogP contribution is -2.40. The molecule has 2 aliphatic rings. The van der Waals surface area contributed by atoms with Crippen molar-refractivity contribution in [3.8, 4) is 0 Å². The van der Waals surface area contributed by atoms with Crippen LogP contribution in [0.3, 0.4) is 0 Å². The van der Waals surface area contributed by atoms with Crippen LogP contribution in [-0.2, 0) is 0 Å². The molecule has 2 aliphatic heterocycles. The Hall–Kier alpha value is -0.0800. The average molecular weight is 271 g/mol. The molecule has 2 saturated heterocycles. The van der Waals surface area contributed by atoms with Crippen LogP contribution in [0, 0.1) is 0 Å². The Balaban J connectivity index is 0.000000303. The molecule has 0 N–H and O–H groups in total. The largest absolute Gasteiger partial charge is 0.304 e. The van der Waals surface area contributed by atoms with Gasteiger partial charge in [0.05, 0.1) is 0 Å². The van der Waals surface area contributed by atoms with Crippen LogP contribution in [0.25, 0.3) is 0 Å². The summed E-state index contributed by atoms with van der Waals surface area (Å²) >= 11 is 0. The minimum atomic E-state index is 0.814. The van der Waals surface area contributed by atoms with Crippen molar-refractivity contribution in [2.45, 2.75) is 91.3 Å². The highest BCUT2D eigenvalue weighted by molar-refractivity contribution is 4.75. The predicted molar refractivity (Wildman–Crippen MR) is 87.8 cm³/mol. The third kappa shape index (κ3) is 7.31. The third-order valence-electron chi connectivity index (χ3n) is 4.77. The van der Waals surface area contributed by atoms with E-state index in [0.29, 0.717) is 0 Å². The van der Waals surface area contributed by atoms with Crippen LogP contribution >= 0.6 is 0 Å². The molecule has 0 aromatic heterocycles. The fourth-order valence-corrected chi connectivity index (χ4v) is 2.79. The average Bonchev–Trinajstić information content (AvgIpc) is 2.42. The second-order valence-corrected chi connectivity index (χ2v) is 6.12. The van der Waals surface area contributed by atoms with Crippen molar-refractivity contribution in [2.24, 2.45) is 0 Å². The van der Waals surface area contributed by atoms with Crippen LogP contribution < -0.4 is 0 Å². The summed E-state index contributed by atoms with van der Waals surface area (Å²) in [7, 11) is 4.44. The molecule has 3 atom stereocenters. The molecule has 0 bridgehead atoms. The fourth-order valence-electron chi connectivity index (χ4n) is 2.79. The lowest BCUT2D eigenvalue weighted by molar-refractivity contribution is 0.138. The highest BCUT2D eigenvalue weighted by Gasteiger charge is 2.19. The molecule has 3 unspecified atom stereocenters. The first-order chi connectivity index (χ1) is 9.02. The monoisotopic (exact) mass is 270 g/mol. The van der Waals surface area contributed by atoms with E-state index in [2.05, 4.69) is 44.7 Å². The van der Waals surface area contributed by atoms with Crippen molar-refractivity contribution in [1.82, 2.24) is 9.80 Å². The quantitative estimate of drug-likeness (QED) is 0.644. The van der Waals surface area contributed by atoms with E-state index in [1.54, 1.807) is 0 Å². The van der Waals surface area contributed by atoms with Crippen molar-refractivity contribution in [3.05, 3.63) is 0 Å². The van der Waals surface area contributed by atoms with E-state index in [-0.39, 0.29) is 0 Å². The minimum Gasteiger partial charge on any atom is -0.304 e. The Labute approximate surface area is 122 Å². The molecular formula is C17H38N2. The van der Waals surface area contributed by atoms with E-state index in [0.717, 1.165) is 18.1 Å². The summed E-state index contributed by atoms with van der Waals surface area (Å²) < 4.78 is 0. The summed E-state index contributed by atoms with van der Waals surface area (Å²) in [6.45, 7) is 12.2. The van der Waals surface area contributed by atoms with Gasteiger partial charge in [-0.1, -0.05) is 26.7 Å². The molecule has 19 heavy (non-hydrogen) atoms. The van der Waals surface area contributed by atoms with Gasteiger partial charge >= 0.3 is 0 Å². The van der Waals surface area contributed by atoms with Crippen LogP contribution in [0.2, 0.25) is 0 Å². The highest BCUT2D eigenvalue weighted by Crippen LogP contribution is 2.19. The molecule has 0 aliphatic carbocycles. The van der Waals surface area contributed by atoms with Crippen molar-refractivity contribution in [3.63, 3.8) is 0 Å². The number of nitrogens with zero attached hydrogens (tertiary/aromatic N) is 2. The van der Waals surface area contributed by atoms with Gasteiger partial charge in [0.15, 0.2) is 0 Å². The molecule has 0 aromatic carbocycles. The Kier molecular flexibility index (Phi) is 10.6. The summed E-state index contributed by atoms with van der Waals surface area (Å²) in [5.74, 6) is 0. The third-order valence-corrected chi connectivity index (χ3v) is 4.77. The zero-order valence-corrected chi connectivity index (χ0v) is 14.6. The van der Waals surface area contributed by atoms with Gasteiger partial charge in [0, 0.05) is 18.1 Å². The molecule has 2 heterocycles. The summed E-state index contributed by atoms with van der Waals surface area (Å²) in [6, 6.07) is 2.46. The highest BCUT2D eigenvalue weighted by atomic mass is 15.2. The Morgan fingerprint density at radius 2 is 1.16 bits per heavy atom. The molecule has 116 valence electrons. The first-order valence-electron chi connectivity index (χ1n) is 8.44. The summed E-state index contributed by atoms with van der Waals surface area (Å²) in [4.78, 5) is 4.91. The van der Waals surface area contributed by atoms with Crippen LogP contribution in [0.1, 0.15) is 73.1 Å². The summed E-state index contributed by atoms with van der Waals surface area (Å²) in [5.41, 5.74) is 0. The maximum atomic E-state index is 2.48. The van der Waals surface area contributed by atoms with Gasteiger partial charge in [-0.25, -0.2) is 0 Å². The van der Waals surface area contributed by atoms with Gasteiger partial charge in [-0.05, 0) is 67.1 Å². The standard InChI is InChI=1S/C8H17N.C7H15N.C2H6/c1-7-5-4-6-8(2)9(7)3;1-7-5-3-4-6-8(7)2;1-2/h7-8H,4-6H2,1-3H3;7H,3-6H2,1-2H3;1-2H3. The smallest absolute Gasteiger partial charge is 0.00667 e. The molecule has 0 saturated carbocycles. The van der Waals surface area contributed by atoms with E-state index >= 15 is 0 Å². The zero-order chi connectivity index (χ0) is 14.8. The second kappa shape index (κ2) is 10.7. The summed E-state index contributed by atoms with van der Waals surface area (Å²) in [5, 5.41) is 0. The van der Waals surface area contributed by atoms with E-state index in [9.17, 15) is 0 Å². The van der Waals surface area contributed by atoms with E-state index < -0.39 is 0 Å². The molecule has 2 nitrogen and oxygen atoms in total. The second-order valence-electron chi connectivity index (χ2n) is 6.12. The first kappa shape index (κ1) is 18.9. The predicted octanol–water partition coefficient (Wildman–Crippen LogP) is 4.40. The molecule has 0 spiro atoms. The molecule has 2 heteroatoms. The van der Waals surface area contributed by atoms with Crippen molar-refractivity contribution in [2.75, 3.05) is 20.6 Å². The Morgan fingerprint density at radius 3 is 1.47 bits per heavy atom. The lowest BCUT2D eigenvalue weighted by atomic mass is 9.99. The maximum absolute atomic E-state index is 2.48. The number of rotatable bonds is 0. The number of hydrogen-bond acceptors (Lipinski definition) is 2. The lowest BCUT2D eigenvalue weighted by Gasteiger charge is -2.35. The van der Waals surface area contributed by atoms with E-state index in [4.69, 9.17) is 0 Å². The molecule has 0 radical (unpaired) electrons. The van der Waals surface area contributed by atoms with Crippen molar-refractivity contribution < 1.29 is 0 Å². The number of hydrogen-bond donors (Lipinski definition) is 0. The van der Waals surface area contributed by atoms with Crippen molar-refractivity contribution >= 4 is 0 Å². The molecule has 0 aromatic rings. The number of likely N-dealkylation sites (tertiary alicyclic amines) is 2. The van der Waals surface area contributed by atoms with E-state index in [1.807, 2.05) is 13.8 Å². The van der Waals surface area contributed by atoms with Crippen molar-refractivity contribution in [1.29, 1.82) is 0 Å². The molecule has 2 rings (SSSR count). The number of piperidine rings is 2. The molecule has 0 amide bonds. The topological polar surface area (TPSA) is 6.48 Å². The van der Waals surface area contributed by atoms with Gasteiger partial charge in [-0.15, -0.1) is 0 Å². The minimum absolute atomic E-state index is 0.814. The van der Waals surface area contributed by atoms with E-state index in [1.165, 1.54) is 45.1 Å². The van der Waals surface area contributed by atoms with Crippen LogP contribution in [0.5, 0.6) is 0 Å². The van der Waals surface area contributed by atoms with Gasteiger partial charge in [0.2, 0.25) is 0 Å².